The lowest BCUT2D eigenvalue weighted by Crippen LogP contribution is -2.47. The van der Waals surface area contributed by atoms with Gasteiger partial charge in [0.25, 0.3) is 0 Å². The summed E-state index contributed by atoms with van der Waals surface area (Å²) < 4.78 is 87.1. The number of fused-ring (bicyclic) bond motifs is 1. The molecule has 3 rings (SSSR count). The molecular weight excluding hydrogens is 395 g/mol. The number of benzene rings is 1. The minimum absolute atomic E-state index is 0.101. The molecule has 0 amide bonds. The van der Waals surface area contributed by atoms with Crippen LogP contribution in [0.1, 0.15) is 32.3 Å². The molecule has 1 fully saturated rings. The molecule has 2 heterocycles. The SMILES string of the molecule is CCOc1ccc([C@H]2[C@H](C(=O)O)O[C@@](C)(C(F)(F)F)[C@H]2C)c2c1OC(F)(F)O2. The fourth-order valence-electron chi connectivity index (χ4n) is 3.56. The average molecular weight is 412 g/mol. The van der Waals surface area contributed by atoms with E-state index in [1.807, 2.05) is 0 Å². The first-order valence-corrected chi connectivity index (χ1v) is 8.35. The van der Waals surface area contributed by atoms with Crippen LogP contribution in [0, 0.1) is 5.92 Å². The van der Waals surface area contributed by atoms with Crippen LogP contribution in [0.4, 0.5) is 22.0 Å². The molecule has 1 N–H and O–H groups in total. The number of hydrogen-bond donors (Lipinski definition) is 1. The number of carbonyl (C=O) groups is 1. The van der Waals surface area contributed by atoms with Crippen molar-refractivity contribution in [2.24, 2.45) is 5.92 Å². The first-order chi connectivity index (χ1) is 12.8. The maximum absolute atomic E-state index is 13.7. The van der Waals surface area contributed by atoms with Crippen LogP contribution in [0.5, 0.6) is 17.2 Å². The second-order valence-electron chi connectivity index (χ2n) is 6.71. The number of rotatable bonds is 4. The quantitative estimate of drug-likeness (QED) is 0.756. The summed E-state index contributed by atoms with van der Waals surface area (Å²) in [5.41, 5.74) is -2.99. The first kappa shape index (κ1) is 20.4. The molecule has 1 aromatic rings. The lowest BCUT2D eigenvalue weighted by molar-refractivity contribution is -0.287. The van der Waals surface area contributed by atoms with Crippen molar-refractivity contribution >= 4 is 5.97 Å². The molecular formula is C17H17F5O6. The molecule has 156 valence electrons. The Morgan fingerprint density at radius 2 is 1.86 bits per heavy atom. The van der Waals surface area contributed by atoms with E-state index in [1.165, 1.54) is 12.1 Å². The van der Waals surface area contributed by atoms with Gasteiger partial charge in [-0.05, 0) is 19.9 Å². The topological polar surface area (TPSA) is 74.2 Å². The highest BCUT2D eigenvalue weighted by Gasteiger charge is 2.66. The molecule has 2 aliphatic rings. The Morgan fingerprint density at radius 1 is 1.25 bits per heavy atom. The molecule has 0 bridgehead atoms. The zero-order valence-electron chi connectivity index (χ0n) is 15.0. The highest BCUT2D eigenvalue weighted by atomic mass is 19.4. The Morgan fingerprint density at radius 3 is 2.39 bits per heavy atom. The van der Waals surface area contributed by atoms with E-state index < -0.39 is 53.5 Å². The van der Waals surface area contributed by atoms with Crippen molar-refractivity contribution in [3.05, 3.63) is 17.7 Å². The summed E-state index contributed by atoms with van der Waals surface area (Å²) in [6.45, 7) is 3.58. The van der Waals surface area contributed by atoms with E-state index in [1.54, 1.807) is 6.92 Å². The van der Waals surface area contributed by atoms with Gasteiger partial charge in [0.2, 0.25) is 5.75 Å². The molecule has 28 heavy (non-hydrogen) atoms. The second-order valence-corrected chi connectivity index (χ2v) is 6.71. The van der Waals surface area contributed by atoms with E-state index in [-0.39, 0.29) is 17.9 Å². The van der Waals surface area contributed by atoms with E-state index >= 15 is 0 Å². The molecule has 6 nitrogen and oxygen atoms in total. The van der Waals surface area contributed by atoms with Crippen LogP contribution in [0.15, 0.2) is 12.1 Å². The summed E-state index contributed by atoms with van der Waals surface area (Å²) in [5.74, 6) is -5.66. The number of carboxylic acids is 1. The van der Waals surface area contributed by atoms with Crippen LogP contribution in [0.2, 0.25) is 0 Å². The van der Waals surface area contributed by atoms with Crippen molar-refractivity contribution < 1.29 is 50.8 Å². The minimum Gasteiger partial charge on any atom is -0.490 e. The zero-order valence-corrected chi connectivity index (χ0v) is 15.0. The van der Waals surface area contributed by atoms with Crippen LogP contribution in [0.25, 0.3) is 0 Å². The van der Waals surface area contributed by atoms with Crippen molar-refractivity contribution in [2.45, 2.75) is 50.9 Å². The van der Waals surface area contributed by atoms with E-state index in [0.717, 1.165) is 13.8 Å². The smallest absolute Gasteiger partial charge is 0.490 e. The largest absolute Gasteiger partial charge is 0.586 e. The van der Waals surface area contributed by atoms with Crippen molar-refractivity contribution in [1.29, 1.82) is 0 Å². The van der Waals surface area contributed by atoms with Gasteiger partial charge in [0, 0.05) is 17.4 Å². The van der Waals surface area contributed by atoms with E-state index in [0.29, 0.717) is 0 Å². The predicted octanol–water partition coefficient (Wildman–Crippen LogP) is 3.93. The fraction of sp³-hybridized carbons (Fsp3) is 0.588. The predicted molar refractivity (Wildman–Crippen MR) is 82.7 cm³/mol. The summed E-state index contributed by atoms with van der Waals surface area (Å²) in [6.07, 6.45) is -10.9. The Balaban J connectivity index is 2.15. The standard InChI is InChI=1S/C17H17F5O6/c1-4-25-9-6-5-8(11-12(9)28-17(21,22)27-11)10-7(2)15(3,16(18,19)20)26-13(10)14(23)24/h5-7,10,13H,4H2,1-3H3,(H,23,24)/t7-,10-,13+,15+/m0/s1. The molecule has 1 aromatic carbocycles. The molecule has 0 spiro atoms. The molecule has 0 aliphatic carbocycles. The van der Waals surface area contributed by atoms with Crippen LogP contribution < -0.4 is 14.2 Å². The normalized spacial score (nSPS) is 31.1. The van der Waals surface area contributed by atoms with Crippen LogP contribution in [0.3, 0.4) is 0 Å². The number of carboxylic acid groups (broad SMARTS) is 1. The molecule has 2 aliphatic heterocycles. The Bertz CT molecular complexity index is 795. The van der Waals surface area contributed by atoms with Gasteiger partial charge >= 0.3 is 18.4 Å². The lowest BCUT2D eigenvalue weighted by atomic mass is 9.77. The van der Waals surface area contributed by atoms with E-state index in [9.17, 15) is 31.9 Å². The molecule has 11 heteroatoms. The molecule has 4 atom stereocenters. The molecule has 0 aromatic heterocycles. The van der Waals surface area contributed by atoms with Crippen LogP contribution >= 0.6 is 0 Å². The van der Waals surface area contributed by atoms with Gasteiger partial charge in [0.15, 0.2) is 23.2 Å². The summed E-state index contributed by atoms with van der Waals surface area (Å²) in [5, 5.41) is 9.41. The van der Waals surface area contributed by atoms with Gasteiger partial charge in [-0.15, -0.1) is 8.78 Å². The van der Waals surface area contributed by atoms with Crippen LogP contribution in [-0.4, -0.2) is 41.9 Å². The van der Waals surface area contributed by atoms with Crippen molar-refractivity contribution in [2.75, 3.05) is 6.61 Å². The number of halogens is 5. The van der Waals surface area contributed by atoms with Crippen molar-refractivity contribution in [3.8, 4) is 17.2 Å². The van der Waals surface area contributed by atoms with E-state index in [2.05, 4.69) is 9.47 Å². The Kier molecular flexibility index (Phi) is 4.64. The van der Waals surface area contributed by atoms with Gasteiger partial charge in [-0.2, -0.15) is 13.2 Å². The Labute approximate surface area is 156 Å². The maximum Gasteiger partial charge on any atom is 0.586 e. The van der Waals surface area contributed by atoms with Gasteiger partial charge < -0.3 is 24.1 Å². The first-order valence-electron chi connectivity index (χ1n) is 8.35. The summed E-state index contributed by atoms with van der Waals surface area (Å²) in [4.78, 5) is 11.6. The zero-order chi connectivity index (χ0) is 21.1. The molecule has 1 saturated heterocycles. The van der Waals surface area contributed by atoms with Crippen molar-refractivity contribution in [3.63, 3.8) is 0 Å². The monoisotopic (exact) mass is 412 g/mol. The van der Waals surface area contributed by atoms with E-state index in [4.69, 9.17) is 9.47 Å². The maximum atomic E-state index is 13.7. The second kappa shape index (κ2) is 6.36. The third-order valence-corrected chi connectivity index (χ3v) is 5.12. The van der Waals surface area contributed by atoms with Gasteiger partial charge in [0.1, 0.15) is 0 Å². The molecule has 0 saturated carbocycles. The highest BCUT2D eigenvalue weighted by Crippen LogP contribution is 2.58. The van der Waals surface area contributed by atoms with Gasteiger partial charge in [-0.3, -0.25) is 0 Å². The third kappa shape index (κ3) is 3.01. The molecule has 0 radical (unpaired) electrons. The van der Waals surface area contributed by atoms with Gasteiger partial charge in [-0.1, -0.05) is 13.0 Å². The number of aliphatic carboxylic acids is 1. The van der Waals surface area contributed by atoms with Crippen LogP contribution in [-0.2, 0) is 9.53 Å². The van der Waals surface area contributed by atoms with Crippen molar-refractivity contribution in [1.82, 2.24) is 0 Å². The minimum atomic E-state index is -4.88. The third-order valence-electron chi connectivity index (χ3n) is 5.12. The van der Waals surface area contributed by atoms with Gasteiger partial charge in [-0.25, -0.2) is 4.79 Å². The number of alkyl halides is 5. The van der Waals surface area contributed by atoms with Gasteiger partial charge in [0.05, 0.1) is 6.61 Å². The molecule has 0 unspecified atom stereocenters. The lowest BCUT2D eigenvalue weighted by Gasteiger charge is -2.31. The fourth-order valence-corrected chi connectivity index (χ4v) is 3.56. The highest BCUT2D eigenvalue weighted by molar-refractivity contribution is 5.75. The average Bonchev–Trinajstić information content (AvgIpc) is 3.03. The summed E-state index contributed by atoms with van der Waals surface area (Å²) in [7, 11) is 0. The summed E-state index contributed by atoms with van der Waals surface area (Å²) in [6, 6.07) is 2.41. The summed E-state index contributed by atoms with van der Waals surface area (Å²) >= 11 is 0. The Hall–Kier alpha value is -2.30. The number of ether oxygens (including phenoxy) is 4. The number of hydrogen-bond acceptors (Lipinski definition) is 5.